The summed E-state index contributed by atoms with van der Waals surface area (Å²) in [5.41, 5.74) is 4.32. The maximum Gasteiger partial charge on any atom is 0.277 e. The highest BCUT2D eigenvalue weighted by atomic mass is 79.9. The molecule has 0 aliphatic carbocycles. The summed E-state index contributed by atoms with van der Waals surface area (Å²) in [6.45, 7) is 3.95. The van der Waals surface area contributed by atoms with Crippen molar-refractivity contribution in [3.05, 3.63) is 76.0 Å². The highest BCUT2D eigenvalue weighted by Gasteiger charge is 2.19. The number of Topliss-reactive ketones (excluding diaryl/α,β-unsaturated/α-hetero) is 1. The first-order chi connectivity index (χ1) is 15.0. The van der Waals surface area contributed by atoms with E-state index in [2.05, 4.69) is 30.7 Å². The first-order valence-electron chi connectivity index (χ1n) is 9.55. The number of benzene rings is 2. The van der Waals surface area contributed by atoms with Crippen molar-refractivity contribution in [2.45, 2.75) is 19.1 Å². The van der Waals surface area contributed by atoms with Crippen molar-refractivity contribution in [1.82, 2.24) is 14.8 Å². The summed E-state index contributed by atoms with van der Waals surface area (Å²) in [4.78, 5) is 12.9. The van der Waals surface area contributed by atoms with Crippen LogP contribution in [0.4, 0.5) is 0 Å². The summed E-state index contributed by atoms with van der Waals surface area (Å²) in [6, 6.07) is 17.4. The van der Waals surface area contributed by atoms with Crippen LogP contribution in [-0.4, -0.2) is 33.4 Å². The number of carbonyl (C=O) groups is 1. The lowest BCUT2D eigenvalue weighted by atomic mass is 10.2. The van der Waals surface area contributed by atoms with E-state index in [1.807, 2.05) is 68.4 Å². The Morgan fingerprint density at radius 3 is 2.71 bits per heavy atom. The highest BCUT2D eigenvalue weighted by molar-refractivity contribution is 9.10. The van der Waals surface area contributed by atoms with Gasteiger partial charge in [0, 0.05) is 27.1 Å². The number of halogens is 1. The van der Waals surface area contributed by atoms with E-state index >= 15 is 0 Å². The van der Waals surface area contributed by atoms with Crippen LogP contribution in [0.1, 0.15) is 21.7 Å². The summed E-state index contributed by atoms with van der Waals surface area (Å²) in [5.74, 6) is 1.23. The molecule has 0 radical (unpaired) electrons. The fourth-order valence-electron chi connectivity index (χ4n) is 3.46. The van der Waals surface area contributed by atoms with Crippen molar-refractivity contribution in [1.29, 1.82) is 0 Å². The number of aryl methyl sites for hydroxylation is 1. The van der Waals surface area contributed by atoms with E-state index in [4.69, 9.17) is 9.15 Å². The molecule has 0 spiro atoms. The summed E-state index contributed by atoms with van der Waals surface area (Å²) in [7, 11) is 1.59. The zero-order valence-corrected chi connectivity index (χ0v) is 19.7. The summed E-state index contributed by atoms with van der Waals surface area (Å²) in [6.07, 6.45) is 0. The average molecular weight is 498 g/mol. The van der Waals surface area contributed by atoms with Crippen molar-refractivity contribution in [3.63, 3.8) is 0 Å². The second-order valence-corrected chi connectivity index (χ2v) is 8.73. The third-order valence-electron chi connectivity index (χ3n) is 4.87. The quantitative estimate of drug-likeness (QED) is 0.234. The molecule has 4 aromatic rings. The van der Waals surface area contributed by atoms with Gasteiger partial charge in [-0.3, -0.25) is 4.79 Å². The minimum Gasteiger partial charge on any atom is -0.496 e. The molecule has 0 N–H and O–H groups in total. The van der Waals surface area contributed by atoms with E-state index in [0.717, 1.165) is 21.5 Å². The molecule has 0 fully saturated rings. The number of aromatic nitrogens is 3. The van der Waals surface area contributed by atoms with Crippen molar-refractivity contribution in [2.75, 3.05) is 12.9 Å². The molecule has 2 aromatic carbocycles. The minimum atomic E-state index is 0.0105. The van der Waals surface area contributed by atoms with Crippen molar-refractivity contribution in [3.8, 4) is 22.9 Å². The maximum atomic E-state index is 12.9. The van der Waals surface area contributed by atoms with E-state index < -0.39 is 0 Å². The zero-order chi connectivity index (χ0) is 22.0. The topological polar surface area (TPSA) is 70.2 Å². The van der Waals surface area contributed by atoms with E-state index in [9.17, 15) is 4.79 Å². The second-order valence-electron chi connectivity index (χ2n) is 6.89. The number of hydrogen-bond donors (Lipinski definition) is 0. The van der Waals surface area contributed by atoms with E-state index in [1.54, 1.807) is 7.11 Å². The second kappa shape index (κ2) is 9.11. The van der Waals surface area contributed by atoms with Gasteiger partial charge >= 0.3 is 0 Å². The average Bonchev–Trinajstić information content (AvgIpc) is 3.36. The lowest BCUT2D eigenvalue weighted by molar-refractivity contribution is 0.102. The molecule has 0 atom stereocenters. The molecule has 4 rings (SSSR count). The number of nitrogens with zero attached hydrogens (tertiary/aromatic N) is 3. The van der Waals surface area contributed by atoms with Crippen LogP contribution in [0.2, 0.25) is 0 Å². The van der Waals surface area contributed by atoms with Crippen LogP contribution < -0.4 is 4.74 Å². The summed E-state index contributed by atoms with van der Waals surface area (Å²) in [5, 5.41) is 8.50. The van der Waals surface area contributed by atoms with E-state index in [-0.39, 0.29) is 11.5 Å². The largest absolute Gasteiger partial charge is 0.496 e. The Labute approximate surface area is 192 Å². The van der Waals surface area contributed by atoms with Gasteiger partial charge in [0.25, 0.3) is 11.1 Å². The van der Waals surface area contributed by atoms with E-state index in [0.29, 0.717) is 28.0 Å². The van der Waals surface area contributed by atoms with Crippen LogP contribution in [0.25, 0.3) is 17.1 Å². The van der Waals surface area contributed by atoms with Gasteiger partial charge in [-0.05, 0) is 50.2 Å². The Hall–Kier alpha value is -2.84. The third kappa shape index (κ3) is 4.45. The monoisotopic (exact) mass is 497 g/mol. The molecule has 0 unspecified atom stereocenters. The molecule has 2 aromatic heterocycles. The van der Waals surface area contributed by atoms with Gasteiger partial charge in [0.1, 0.15) is 5.75 Å². The Morgan fingerprint density at radius 1 is 1.13 bits per heavy atom. The number of para-hydroxylation sites is 1. The van der Waals surface area contributed by atoms with Gasteiger partial charge in [-0.25, -0.2) is 0 Å². The molecular formula is C23H20BrN3O3S. The first-order valence-corrected chi connectivity index (χ1v) is 11.3. The lowest BCUT2D eigenvalue weighted by Crippen LogP contribution is -2.05. The molecule has 158 valence electrons. The number of ketones is 1. The van der Waals surface area contributed by atoms with Gasteiger partial charge in [-0.2, -0.15) is 0 Å². The third-order valence-corrected chi connectivity index (χ3v) is 6.18. The molecule has 6 nitrogen and oxygen atoms in total. The smallest absolute Gasteiger partial charge is 0.277 e. The summed E-state index contributed by atoms with van der Waals surface area (Å²) >= 11 is 4.74. The first kappa shape index (κ1) is 21.4. The number of thioether (sulfide) groups is 1. The molecule has 0 bridgehead atoms. The SMILES string of the molecule is COc1ccccc1-c1nnc(SCC(=O)c2cc(C)n(-c3cccc(Br)c3)c2C)o1. The number of carbonyl (C=O) groups excluding carboxylic acids is 1. The fraction of sp³-hybridized carbons (Fsp3) is 0.174. The molecular weight excluding hydrogens is 478 g/mol. The van der Waals surface area contributed by atoms with Crippen LogP contribution in [-0.2, 0) is 0 Å². The Balaban J connectivity index is 1.50. The van der Waals surface area contributed by atoms with Gasteiger partial charge in [0.15, 0.2) is 5.78 Å². The van der Waals surface area contributed by atoms with Crippen LogP contribution in [0.3, 0.4) is 0 Å². The maximum absolute atomic E-state index is 12.9. The van der Waals surface area contributed by atoms with E-state index in [1.165, 1.54) is 11.8 Å². The summed E-state index contributed by atoms with van der Waals surface area (Å²) < 4.78 is 14.1. The van der Waals surface area contributed by atoms with Crippen LogP contribution in [0, 0.1) is 13.8 Å². The van der Waals surface area contributed by atoms with Gasteiger partial charge in [-0.15, -0.1) is 10.2 Å². The van der Waals surface area contributed by atoms with Gasteiger partial charge in [0.2, 0.25) is 0 Å². The molecule has 31 heavy (non-hydrogen) atoms. The number of ether oxygens (including phenoxy) is 1. The number of rotatable bonds is 7. The molecule has 0 amide bonds. The lowest BCUT2D eigenvalue weighted by Gasteiger charge is -2.10. The molecule has 0 saturated heterocycles. The number of hydrogen-bond acceptors (Lipinski definition) is 6. The Bertz CT molecular complexity index is 1250. The van der Waals surface area contributed by atoms with Gasteiger partial charge < -0.3 is 13.7 Å². The van der Waals surface area contributed by atoms with Crippen LogP contribution in [0.5, 0.6) is 5.75 Å². The van der Waals surface area contributed by atoms with Gasteiger partial charge in [0.05, 0.1) is 18.4 Å². The van der Waals surface area contributed by atoms with Crippen LogP contribution >= 0.6 is 27.7 Å². The predicted octanol–water partition coefficient (Wildman–Crippen LogP) is 5.89. The Kier molecular flexibility index (Phi) is 6.29. The van der Waals surface area contributed by atoms with Crippen molar-refractivity contribution >= 4 is 33.5 Å². The predicted molar refractivity (Wildman–Crippen MR) is 124 cm³/mol. The standard InChI is InChI=1S/C23H20BrN3O3S/c1-14-11-19(15(2)27(14)17-8-6-7-16(24)12-17)20(28)13-31-23-26-25-22(30-23)18-9-4-5-10-21(18)29-3/h4-12H,13H2,1-3H3. The van der Waals surface area contributed by atoms with Gasteiger partial charge in [-0.1, -0.05) is 45.9 Å². The van der Waals surface area contributed by atoms with Crippen molar-refractivity contribution in [2.24, 2.45) is 0 Å². The zero-order valence-electron chi connectivity index (χ0n) is 17.3. The normalized spacial score (nSPS) is 11.0. The van der Waals surface area contributed by atoms with Crippen LogP contribution in [0.15, 0.2) is 68.7 Å². The molecule has 0 aliphatic rings. The molecule has 0 saturated carbocycles. The number of methoxy groups -OCH3 is 1. The molecule has 0 aliphatic heterocycles. The van der Waals surface area contributed by atoms with Crippen molar-refractivity contribution < 1.29 is 13.9 Å². The molecule has 8 heteroatoms. The Morgan fingerprint density at radius 2 is 1.94 bits per heavy atom. The molecule has 2 heterocycles. The minimum absolute atomic E-state index is 0.0105. The fourth-order valence-corrected chi connectivity index (χ4v) is 4.49. The highest BCUT2D eigenvalue weighted by Crippen LogP contribution is 2.31.